The zero-order valence-corrected chi connectivity index (χ0v) is 45.0. The van der Waals surface area contributed by atoms with Crippen LogP contribution in [-0.2, 0) is 37.3 Å². The van der Waals surface area contributed by atoms with Crippen LogP contribution in [0.4, 0.5) is 22.7 Å². The third-order valence-electron chi connectivity index (χ3n) is 14.3. The second-order valence-corrected chi connectivity index (χ2v) is 22.2. The molecule has 0 bridgehead atoms. The minimum atomic E-state index is -0.0754. The second kappa shape index (κ2) is 18.0. The van der Waals surface area contributed by atoms with Crippen LogP contribution in [0.2, 0.25) is 0 Å². The quantitative estimate of drug-likeness (QED) is 0.149. The number of furan rings is 1. The first-order valence-electron chi connectivity index (χ1n) is 24.9. The van der Waals surface area contributed by atoms with Crippen LogP contribution in [0.25, 0.3) is 71.8 Å². The average Bonchev–Trinajstić information content (AvgIpc) is 4.05. The number of pyridine rings is 1. The van der Waals surface area contributed by atoms with E-state index in [2.05, 4.69) is 235 Å². The van der Waals surface area contributed by atoms with Crippen molar-refractivity contribution in [1.82, 2.24) is 9.55 Å². The van der Waals surface area contributed by atoms with E-state index in [1.807, 2.05) is 36.5 Å². The normalized spacial score (nSPS) is 13.1. The Hall–Kier alpha value is -7.40. The maximum atomic E-state index is 6.78. The van der Waals surface area contributed by atoms with Crippen molar-refractivity contribution in [3.05, 3.63) is 212 Å². The van der Waals surface area contributed by atoms with Crippen molar-refractivity contribution in [1.29, 1.82) is 0 Å². The SMILES string of the molecule is CC(C)(C)c1ccc(-c2cccc(-c3ccc(C(C)(C)C)cc3)c2N2[CH-]N(c3[c-]c(Oc4[c-]c5c(cc4)c4c6oc7ccccc7c6ccc4n5-c4cc(C(C)(C)C)ccn4)ccc3)c3ccccc32)cc1.[Pt]. The summed E-state index contributed by atoms with van der Waals surface area (Å²) in [5, 5.41) is 4.17. The number of hydrogen-bond acceptors (Lipinski definition) is 5. The van der Waals surface area contributed by atoms with E-state index in [9.17, 15) is 0 Å². The number of anilines is 4. The number of ether oxygens (including phenoxy) is 1. The summed E-state index contributed by atoms with van der Waals surface area (Å²) in [6.07, 6.45) is 1.90. The van der Waals surface area contributed by atoms with E-state index in [4.69, 9.17) is 14.1 Å². The van der Waals surface area contributed by atoms with Gasteiger partial charge in [-0.3, -0.25) is 0 Å². The van der Waals surface area contributed by atoms with Gasteiger partial charge in [-0.1, -0.05) is 170 Å². The first kappa shape index (κ1) is 47.9. The summed E-state index contributed by atoms with van der Waals surface area (Å²) in [7, 11) is 0. The molecule has 0 N–H and O–H groups in total. The molecule has 0 atom stereocenters. The molecule has 6 nitrogen and oxygen atoms in total. The van der Waals surface area contributed by atoms with Crippen molar-refractivity contribution in [3.8, 4) is 39.6 Å². The molecule has 0 spiro atoms. The number of benzene rings is 8. The van der Waals surface area contributed by atoms with Crippen molar-refractivity contribution >= 4 is 66.5 Å². The molecule has 12 rings (SSSR count). The first-order chi connectivity index (χ1) is 34.6. The largest absolute Gasteiger partial charge is 0.509 e. The summed E-state index contributed by atoms with van der Waals surface area (Å²) in [6.45, 7) is 22.5. The summed E-state index contributed by atoms with van der Waals surface area (Å²) in [5.41, 5.74) is 16.0. The third kappa shape index (κ3) is 8.50. The minimum absolute atomic E-state index is 0. The fraction of sp³-hybridized carbons (Fsp3) is 0.182. The van der Waals surface area contributed by atoms with Crippen LogP contribution in [-0.4, -0.2) is 9.55 Å². The van der Waals surface area contributed by atoms with Gasteiger partial charge in [-0.15, -0.1) is 42.7 Å². The van der Waals surface area contributed by atoms with E-state index in [0.29, 0.717) is 11.5 Å². The number of fused-ring (bicyclic) bond motifs is 8. The van der Waals surface area contributed by atoms with Gasteiger partial charge in [0, 0.05) is 83.2 Å². The molecular weight excluding hydrogens is 1080 g/mol. The zero-order valence-electron chi connectivity index (χ0n) is 42.7. The molecule has 8 aromatic carbocycles. The number of aromatic nitrogens is 2. The van der Waals surface area contributed by atoms with Gasteiger partial charge in [0.05, 0.1) is 0 Å². The Bertz CT molecular complexity index is 3810. The minimum Gasteiger partial charge on any atom is -0.509 e. The molecule has 366 valence electrons. The van der Waals surface area contributed by atoms with Crippen LogP contribution >= 0.6 is 0 Å². The summed E-state index contributed by atoms with van der Waals surface area (Å²) in [6, 6.07) is 67.8. The van der Waals surface area contributed by atoms with Crippen molar-refractivity contribution in [2.75, 3.05) is 9.80 Å². The molecule has 1 aliphatic heterocycles. The summed E-state index contributed by atoms with van der Waals surface area (Å²) in [4.78, 5) is 9.52. The molecule has 7 heteroatoms. The van der Waals surface area contributed by atoms with Gasteiger partial charge in [0.15, 0.2) is 0 Å². The predicted octanol–water partition coefficient (Wildman–Crippen LogP) is 18.1. The number of nitrogens with zero attached hydrogens (tertiary/aromatic N) is 4. The van der Waals surface area contributed by atoms with E-state index >= 15 is 0 Å². The molecule has 0 aliphatic carbocycles. The smallest absolute Gasteiger partial charge is 0.135 e. The standard InChI is InChI=1S/C66H57N4O2.Pt/c1-64(2,3)44-28-24-42(25-29-44)50-19-15-20-51(43-26-30-45(31-27-43)65(4,5)6)62(50)69-41-68(55-21-11-12-22-56(55)69)47-16-14-17-48(39-47)71-49-32-33-54-58(40-49)70(60-38-46(36-37-67-60)66(7,8)9)57-35-34-53-52-18-10-13-23-59(52)72-63(53)61(54)57;/h10-38,41H,1-9H3;/q-3;. The molecule has 0 saturated carbocycles. The van der Waals surface area contributed by atoms with Crippen LogP contribution in [0, 0.1) is 18.8 Å². The van der Waals surface area contributed by atoms with Crippen LogP contribution in [0.3, 0.4) is 0 Å². The third-order valence-corrected chi connectivity index (χ3v) is 14.3. The fourth-order valence-corrected chi connectivity index (χ4v) is 10.3. The molecular formula is C66H57N4O2Pt-3. The van der Waals surface area contributed by atoms with Crippen molar-refractivity contribution < 1.29 is 30.2 Å². The molecule has 0 saturated heterocycles. The van der Waals surface area contributed by atoms with Crippen molar-refractivity contribution in [2.24, 2.45) is 0 Å². The summed E-state index contributed by atoms with van der Waals surface area (Å²) < 4.78 is 15.6. The van der Waals surface area contributed by atoms with Crippen LogP contribution in [0.5, 0.6) is 11.5 Å². The average molecular weight is 1130 g/mol. The van der Waals surface area contributed by atoms with E-state index in [-0.39, 0.29) is 37.3 Å². The Morgan fingerprint density at radius 2 is 1.11 bits per heavy atom. The van der Waals surface area contributed by atoms with E-state index in [1.165, 1.54) is 16.7 Å². The first-order valence-corrected chi connectivity index (χ1v) is 24.9. The van der Waals surface area contributed by atoms with Gasteiger partial charge in [0.1, 0.15) is 17.0 Å². The Morgan fingerprint density at radius 1 is 0.521 bits per heavy atom. The van der Waals surface area contributed by atoms with Crippen LogP contribution in [0.15, 0.2) is 180 Å². The maximum absolute atomic E-state index is 6.78. The maximum Gasteiger partial charge on any atom is 0.135 e. The predicted molar refractivity (Wildman–Crippen MR) is 298 cm³/mol. The molecule has 0 radical (unpaired) electrons. The van der Waals surface area contributed by atoms with Crippen molar-refractivity contribution in [2.45, 2.75) is 78.6 Å². The Kier molecular flexibility index (Phi) is 11.8. The van der Waals surface area contributed by atoms with Crippen LogP contribution < -0.4 is 14.5 Å². The molecule has 0 fully saturated rings. The molecule has 3 aromatic heterocycles. The van der Waals surface area contributed by atoms with Gasteiger partial charge in [0.2, 0.25) is 0 Å². The number of para-hydroxylation sites is 4. The van der Waals surface area contributed by atoms with Crippen LogP contribution in [0.1, 0.15) is 79.0 Å². The Balaban J connectivity index is 0.00000574. The van der Waals surface area contributed by atoms with Gasteiger partial charge in [-0.25, -0.2) is 4.98 Å². The second-order valence-electron chi connectivity index (χ2n) is 22.2. The monoisotopic (exact) mass is 1130 g/mol. The van der Waals surface area contributed by atoms with E-state index in [1.54, 1.807) is 0 Å². The Morgan fingerprint density at radius 3 is 1.77 bits per heavy atom. The van der Waals surface area contributed by atoms with Gasteiger partial charge in [0.25, 0.3) is 0 Å². The summed E-state index contributed by atoms with van der Waals surface area (Å²) in [5.74, 6) is 1.94. The number of rotatable bonds is 7. The summed E-state index contributed by atoms with van der Waals surface area (Å²) >= 11 is 0. The molecule has 4 heterocycles. The fourth-order valence-electron chi connectivity index (χ4n) is 10.3. The van der Waals surface area contributed by atoms with Gasteiger partial charge in [-0.2, -0.15) is 12.1 Å². The van der Waals surface area contributed by atoms with E-state index in [0.717, 1.165) is 94.6 Å². The Labute approximate surface area is 443 Å². The van der Waals surface area contributed by atoms with Gasteiger partial charge in [-0.05, 0) is 91.9 Å². The van der Waals surface area contributed by atoms with Crippen molar-refractivity contribution in [3.63, 3.8) is 0 Å². The zero-order chi connectivity index (χ0) is 49.7. The molecule has 0 unspecified atom stereocenters. The van der Waals surface area contributed by atoms with Gasteiger partial charge >= 0.3 is 0 Å². The van der Waals surface area contributed by atoms with E-state index < -0.39 is 0 Å². The molecule has 1 aliphatic rings. The topological polar surface area (TPSA) is 46.7 Å². The molecule has 0 amide bonds. The number of hydrogen-bond donors (Lipinski definition) is 0. The molecule has 73 heavy (non-hydrogen) atoms. The van der Waals surface area contributed by atoms with Gasteiger partial charge < -0.3 is 23.5 Å². The molecule has 11 aromatic rings.